The van der Waals surface area contributed by atoms with Crippen molar-refractivity contribution < 1.29 is 0 Å². The van der Waals surface area contributed by atoms with Crippen LogP contribution < -0.4 is 0 Å². The van der Waals surface area contributed by atoms with Gasteiger partial charge in [-0.1, -0.05) is 13.0 Å². The maximum atomic E-state index is 3.66. The van der Waals surface area contributed by atoms with Crippen molar-refractivity contribution in [3.63, 3.8) is 0 Å². The van der Waals surface area contributed by atoms with E-state index < -0.39 is 0 Å². The quantitative estimate of drug-likeness (QED) is 0.609. The van der Waals surface area contributed by atoms with Crippen LogP contribution in [0.25, 0.3) is 6.08 Å². The summed E-state index contributed by atoms with van der Waals surface area (Å²) in [4.78, 5) is 1.34. The lowest BCUT2D eigenvalue weighted by Crippen LogP contribution is -1.75. The molecule has 0 aliphatic rings. The molecule has 0 spiro atoms. The molecule has 1 radical (unpaired) electrons. The van der Waals surface area contributed by atoms with Crippen molar-refractivity contribution in [2.75, 3.05) is 0 Å². The van der Waals surface area contributed by atoms with E-state index in [1.807, 2.05) is 6.08 Å². The minimum Gasteiger partial charge on any atom is -0.144 e. The monoisotopic (exact) mass is 151 g/mol. The van der Waals surface area contributed by atoms with Crippen LogP contribution in [0.5, 0.6) is 0 Å². The summed E-state index contributed by atoms with van der Waals surface area (Å²) < 4.78 is 0. The Morgan fingerprint density at radius 3 is 3.10 bits per heavy atom. The van der Waals surface area contributed by atoms with E-state index in [4.69, 9.17) is 0 Å². The van der Waals surface area contributed by atoms with Crippen molar-refractivity contribution in [3.8, 4) is 0 Å². The first kappa shape index (κ1) is 7.55. The summed E-state index contributed by atoms with van der Waals surface area (Å²) in [5, 5.41) is 2.12. The molecule has 0 aliphatic carbocycles. The van der Waals surface area contributed by atoms with Crippen molar-refractivity contribution in [1.29, 1.82) is 0 Å². The molecule has 0 aromatic carbocycles. The van der Waals surface area contributed by atoms with Gasteiger partial charge in [0.15, 0.2) is 0 Å². The van der Waals surface area contributed by atoms with E-state index in [9.17, 15) is 0 Å². The highest BCUT2D eigenvalue weighted by Gasteiger charge is 1.95. The zero-order valence-electron chi connectivity index (χ0n) is 6.13. The second-order valence-corrected chi connectivity index (χ2v) is 3.01. The van der Waals surface area contributed by atoms with E-state index in [2.05, 4.69) is 31.4 Å². The molecular weight excluding hydrogens is 140 g/mol. The second-order valence-electron chi connectivity index (χ2n) is 2.07. The molecule has 0 bridgehead atoms. The molecule has 0 aliphatic heterocycles. The van der Waals surface area contributed by atoms with E-state index in [1.54, 1.807) is 11.3 Å². The highest BCUT2D eigenvalue weighted by Crippen LogP contribution is 2.18. The third kappa shape index (κ3) is 1.48. The van der Waals surface area contributed by atoms with Crippen LogP contribution in [-0.2, 0) is 6.42 Å². The fraction of sp³-hybridized carbons (Fsp3) is 0.222. The Hall–Kier alpha value is -0.560. The van der Waals surface area contributed by atoms with Crippen molar-refractivity contribution in [2.45, 2.75) is 13.3 Å². The zero-order valence-corrected chi connectivity index (χ0v) is 6.95. The number of thiophene rings is 1. The molecule has 1 heteroatoms. The summed E-state index contributed by atoms with van der Waals surface area (Å²) in [5.41, 5.74) is 1.42. The molecule has 0 unspecified atom stereocenters. The average molecular weight is 151 g/mol. The molecular formula is C9H11S. The Labute approximate surface area is 66.2 Å². The van der Waals surface area contributed by atoms with E-state index >= 15 is 0 Å². The number of hydrogen-bond donors (Lipinski definition) is 0. The predicted octanol–water partition coefficient (Wildman–Crippen LogP) is 3.16. The largest absolute Gasteiger partial charge is 0.144 e. The van der Waals surface area contributed by atoms with Crippen molar-refractivity contribution in [3.05, 3.63) is 34.9 Å². The first-order valence-corrected chi connectivity index (χ1v) is 4.28. The summed E-state index contributed by atoms with van der Waals surface area (Å²) in [6.07, 6.45) is 5.01. The standard InChI is InChI=1S/C9H11S/c1-3-5-9-8(4-2)6-7-10-9/h3,5-7H,1,4H2,2H3. The second kappa shape index (κ2) is 3.57. The van der Waals surface area contributed by atoms with Gasteiger partial charge in [0.05, 0.1) is 0 Å². The van der Waals surface area contributed by atoms with Gasteiger partial charge in [0.2, 0.25) is 0 Å². The summed E-state index contributed by atoms with van der Waals surface area (Å²) in [5.74, 6) is 0. The Bertz CT molecular complexity index is 220. The maximum absolute atomic E-state index is 3.66. The highest BCUT2D eigenvalue weighted by atomic mass is 32.1. The molecule has 0 N–H and O–H groups in total. The zero-order chi connectivity index (χ0) is 7.40. The lowest BCUT2D eigenvalue weighted by atomic mass is 10.2. The highest BCUT2D eigenvalue weighted by molar-refractivity contribution is 7.11. The minimum atomic E-state index is 1.11. The van der Waals surface area contributed by atoms with Crippen LogP contribution in [0.2, 0.25) is 0 Å². The summed E-state index contributed by atoms with van der Waals surface area (Å²) >= 11 is 1.77. The van der Waals surface area contributed by atoms with Gasteiger partial charge >= 0.3 is 0 Å². The SMILES string of the molecule is [CH2]C=Cc1sccc1CC. The van der Waals surface area contributed by atoms with E-state index in [0.717, 1.165) is 6.42 Å². The molecule has 1 heterocycles. The Balaban J connectivity index is 2.90. The summed E-state index contributed by atoms with van der Waals surface area (Å²) in [6, 6.07) is 2.17. The van der Waals surface area contributed by atoms with Gasteiger partial charge in [-0.3, -0.25) is 0 Å². The molecule has 0 saturated heterocycles. The van der Waals surface area contributed by atoms with Crippen LogP contribution in [0.1, 0.15) is 17.4 Å². The lowest BCUT2D eigenvalue weighted by Gasteiger charge is -1.90. The number of allylic oxidation sites excluding steroid dienone is 1. The van der Waals surface area contributed by atoms with Gasteiger partial charge in [0, 0.05) is 4.88 Å². The summed E-state index contributed by atoms with van der Waals surface area (Å²) in [6.45, 7) is 5.83. The molecule has 1 aromatic rings. The Morgan fingerprint density at radius 2 is 2.50 bits per heavy atom. The molecule has 0 saturated carbocycles. The Kier molecular flexibility index (Phi) is 2.69. The molecule has 0 atom stereocenters. The normalized spacial score (nSPS) is 11.0. The number of aryl methyl sites for hydroxylation is 1. The third-order valence-electron chi connectivity index (χ3n) is 1.43. The van der Waals surface area contributed by atoms with Gasteiger partial charge < -0.3 is 0 Å². The first-order valence-electron chi connectivity index (χ1n) is 3.40. The van der Waals surface area contributed by atoms with Crippen molar-refractivity contribution in [1.82, 2.24) is 0 Å². The van der Waals surface area contributed by atoms with Crippen LogP contribution in [-0.4, -0.2) is 0 Å². The first-order chi connectivity index (χ1) is 4.88. The average Bonchev–Trinajstić information content (AvgIpc) is 2.36. The molecule has 0 nitrogen and oxygen atoms in total. The van der Waals surface area contributed by atoms with Crippen LogP contribution in [0.4, 0.5) is 0 Å². The predicted molar refractivity (Wildman–Crippen MR) is 48.1 cm³/mol. The minimum absolute atomic E-state index is 1.11. The third-order valence-corrected chi connectivity index (χ3v) is 2.36. The molecule has 53 valence electrons. The maximum Gasteiger partial charge on any atom is 0.0299 e. The van der Waals surface area contributed by atoms with Crippen molar-refractivity contribution in [2.24, 2.45) is 0 Å². The molecule has 1 rings (SSSR count). The van der Waals surface area contributed by atoms with Gasteiger partial charge in [0.25, 0.3) is 0 Å². The molecule has 0 fully saturated rings. The van der Waals surface area contributed by atoms with Crippen molar-refractivity contribution >= 4 is 17.4 Å². The van der Waals surface area contributed by atoms with E-state index in [1.165, 1.54) is 10.4 Å². The van der Waals surface area contributed by atoms with Gasteiger partial charge in [0.1, 0.15) is 0 Å². The molecule has 1 aromatic heterocycles. The van der Waals surface area contributed by atoms with E-state index in [0.29, 0.717) is 0 Å². The fourth-order valence-electron chi connectivity index (χ4n) is 0.893. The van der Waals surface area contributed by atoms with Crippen LogP contribution in [0.3, 0.4) is 0 Å². The van der Waals surface area contributed by atoms with Crippen LogP contribution in [0.15, 0.2) is 17.5 Å². The van der Waals surface area contributed by atoms with Gasteiger partial charge in [-0.15, -0.1) is 11.3 Å². The van der Waals surface area contributed by atoms with Gasteiger partial charge in [-0.25, -0.2) is 0 Å². The Morgan fingerprint density at radius 1 is 1.70 bits per heavy atom. The lowest BCUT2D eigenvalue weighted by molar-refractivity contribution is 1.15. The molecule has 10 heavy (non-hydrogen) atoms. The topological polar surface area (TPSA) is 0 Å². The van der Waals surface area contributed by atoms with Crippen LogP contribution >= 0.6 is 11.3 Å². The van der Waals surface area contributed by atoms with E-state index in [-0.39, 0.29) is 0 Å². The molecule has 0 amide bonds. The number of hydrogen-bond acceptors (Lipinski definition) is 1. The van der Waals surface area contributed by atoms with Crippen LogP contribution in [0, 0.1) is 6.92 Å². The fourth-order valence-corrected chi connectivity index (χ4v) is 1.81. The number of rotatable bonds is 2. The van der Waals surface area contributed by atoms with Gasteiger partial charge in [-0.05, 0) is 36.4 Å². The van der Waals surface area contributed by atoms with Gasteiger partial charge in [-0.2, -0.15) is 0 Å². The smallest absolute Gasteiger partial charge is 0.0299 e. The summed E-state index contributed by atoms with van der Waals surface area (Å²) in [7, 11) is 0.